The highest BCUT2D eigenvalue weighted by atomic mass is 32.2. The van der Waals surface area contributed by atoms with E-state index in [-0.39, 0.29) is 11.9 Å². The van der Waals surface area contributed by atoms with E-state index in [0.717, 1.165) is 12.1 Å². The molecular weight excluding hydrogens is 314 g/mol. The highest BCUT2D eigenvalue weighted by Gasteiger charge is 2.32. The fourth-order valence-corrected chi connectivity index (χ4v) is 4.26. The Labute approximate surface area is 137 Å². The highest BCUT2D eigenvalue weighted by molar-refractivity contribution is 7.88. The number of piperazine rings is 1. The van der Waals surface area contributed by atoms with Gasteiger partial charge in [-0.05, 0) is 25.0 Å². The number of fused-ring (bicyclic) bond motifs is 1. The first-order valence-electron chi connectivity index (χ1n) is 7.93. The number of benzene rings is 1. The van der Waals surface area contributed by atoms with Crippen LogP contribution in [0.1, 0.15) is 12.5 Å². The van der Waals surface area contributed by atoms with Gasteiger partial charge in [0.05, 0.1) is 12.8 Å². The number of nitrogens with zero attached hydrogens (tertiary/aromatic N) is 3. The third-order valence-corrected chi connectivity index (χ3v) is 5.94. The summed E-state index contributed by atoms with van der Waals surface area (Å²) in [5.74, 6) is 0.0928. The minimum Gasteiger partial charge on any atom is -0.308 e. The van der Waals surface area contributed by atoms with Crippen LogP contribution in [0.25, 0.3) is 0 Å². The van der Waals surface area contributed by atoms with Crippen molar-refractivity contribution >= 4 is 21.6 Å². The summed E-state index contributed by atoms with van der Waals surface area (Å²) >= 11 is 0. The summed E-state index contributed by atoms with van der Waals surface area (Å²) < 4.78 is 24.5. The monoisotopic (exact) mass is 337 g/mol. The minimum absolute atomic E-state index is 0.0928. The molecule has 3 rings (SSSR count). The van der Waals surface area contributed by atoms with Crippen LogP contribution in [0.3, 0.4) is 0 Å². The molecule has 2 aliphatic heterocycles. The Morgan fingerprint density at radius 3 is 2.48 bits per heavy atom. The largest absolute Gasteiger partial charge is 0.308 e. The lowest BCUT2D eigenvalue weighted by Crippen LogP contribution is -2.51. The lowest BCUT2D eigenvalue weighted by molar-refractivity contribution is -0.120. The lowest BCUT2D eigenvalue weighted by atomic mass is 10.1. The summed E-state index contributed by atoms with van der Waals surface area (Å²) in [5.41, 5.74) is 2.23. The lowest BCUT2D eigenvalue weighted by Gasteiger charge is -2.34. The predicted molar refractivity (Wildman–Crippen MR) is 90.0 cm³/mol. The van der Waals surface area contributed by atoms with Gasteiger partial charge in [-0.2, -0.15) is 4.31 Å². The van der Waals surface area contributed by atoms with E-state index >= 15 is 0 Å². The maximum Gasteiger partial charge on any atom is 0.241 e. The number of carbonyl (C=O) groups is 1. The zero-order valence-corrected chi connectivity index (χ0v) is 14.4. The minimum atomic E-state index is -3.13. The van der Waals surface area contributed by atoms with Crippen LogP contribution < -0.4 is 4.90 Å². The SMILES string of the molecule is CC1Cc2ccccc2N1C(=O)CN1CCN(S(C)(=O)=O)CC1. The number of carbonyl (C=O) groups excluding carboxylic acids is 1. The maximum absolute atomic E-state index is 12.7. The fourth-order valence-electron chi connectivity index (χ4n) is 3.43. The van der Waals surface area contributed by atoms with Gasteiger partial charge in [0.25, 0.3) is 0 Å². The van der Waals surface area contributed by atoms with E-state index < -0.39 is 10.0 Å². The second kappa shape index (κ2) is 6.22. The predicted octanol–water partition coefficient (Wildman–Crippen LogP) is 0.541. The Kier molecular flexibility index (Phi) is 4.44. The molecule has 0 N–H and O–H groups in total. The molecular formula is C16H23N3O3S. The Morgan fingerprint density at radius 1 is 1.17 bits per heavy atom. The van der Waals surface area contributed by atoms with Gasteiger partial charge in [-0.3, -0.25) is 9.69 Å². The average Bonchev–Trinajstić information content (AvgIpc) is 2.82. The Morgan fingerprint density at radius 2 is 1.83 bits per heavy atom. The van der Waals surface area contributed by atoms with Crippen molar-refractivity contribution in [1.29, 1.82) is 0 Å². The van der Waals surface area contributed by atoms with Crippen molar-refractivity contribution in [3.05, 3.63) is 29.8 Å². The Bertz CT molecular complexity index is 696. The third kappa shape index (κ3) is 3.41. The molecule has 7 heteroatoms. The molecule has 2 heterocycles. The summed E-state index contributed by atoms with van der Waals surface area (Å²) in [6, 6.07) is 8.21. The fraction of sp³-hybridized carbons (Fsp3) is 0.562. The molecule has 1 fully saturated rings. The maximum atomic E-state index is 12.7. The molecule has 126 valence electrons. The summed E-state index contributed by atoms with van der Waals surface area (Å²) in [6.45, 7) is 4.53. The van der Waals surface area contributed by atoms with Crippen LogP contribution in [0.15, 0.2) is 24.3 Å². The van der Waals surface area contributed by atoms with Gasteiger partial charge in [0, 0.05) is 37.9 Å². The molecule has 23 heavy (non-hydrogen) atoms. The molecule has 1 amide bonds. The van der Waals surface area contributed by atoms with E-state index in [2.05, 4.69) is 13.0 Å². The van der Waals surface area contributed by atoms with Crippen LogP contribution in [-0.4, -0.2) is 68.6 Å². The number of para-hydroxylation sites is 1. The molecule has 0 radical (unpaired) electrons. The summed E-state index contributed by atoms with van der Waals surface area (Å²) in [6.07, 6.45) is 2.13. The summed E-state index contributed by atoms with van der Waals surface area (Å²) in [7, 11) is -3.13. The molecule has 1 atom stereocenters. The number of amides is 1. The van der Waals surface area contributed by atoms with E-state index in [9.17, 15) is 13.2 Å². The van der Waals surface area contributed by atoms with Crippen molar-refractivity contribution in [3.63, 3.8) is 0 Å². The van der Waals surface area contributed by atoms with Gasteiger partial charge in [0.2, 0.25) is 15.9 Å². The number of hydrogen-bond acceptors (Lipinski definition) is 4. The van der Waals surface area contributed by atoms with Crippen molar-refractivity contribution in [3.8, 4) is 0 Å². The first kappa shape index (κ1) is 16.4. The van der Waals surface area contributed by atoms with Gasteiger partial charge in [-0.15, -0.1) is 0 Å². The van der Waals surface area contributed by atoms with Crippen LogP contribution >= 0.6 is 0 Å². The normalized spacial score (nSPS) is 23.0. The van der Waals surface area contributed by atoms with E-state index in [1.807, 2.05) is 28.0 Å². The number of hydrogen-bond donors (Lipinski definition) is 0. The summed E-state index contributed by atoms with van der Waals surface area (Å²) in [5, 5.41) is 0. The molecule has 0 aliphatic carbocycles. The van der Waals surface area contributed by atoms with Crippen LogP contribution in [0.4, 0.5) is 5.69 Å². The third-order valence-electron chi connectivity index (χ3n) is 4.64. The van der Waals surface area contributed by atoms with Crippen LogP contribution in [0, 0.1) is 0 Å². The van der Waals surface area contributed by atoms with E-state index in [0.29, 0.717) is 32.7 Å². The first-order chi connectivity index (χ1) is 10.9. The van der Waals surface area contributed by atoms with Gasteiger partial charge in [0.1, 0.15) is 0 Å². The number of rotatable bonds is 3. The van der Waals surface area contributed by atoms with Crippen LogP contribution in [-0.2, 0) is 21.2 Å². The molecule has 0 bridgehead atoms. The average molecular weight is 337 g/mol. The molecule has 0 spiro atoms. The molecule has 1 aromatic carbocycles. The summed E-state index contributed by atoms with van der Waals surface area (Å²) in [4.78, 5) is 16.6. The second-order valence-electron chi connectivity index (χ2n) is 6.38. The first-order valence-corrected chi connectivity index (χ1v) is 9.78. The van der Waals surface area contributed by atoms with Crippen LogP contribution in [0.2, 0.25) is 0 Å². The molecule has 1 aromatic rings. The Hall–Kier alpha value is -1.44. The van der Waals surface area contributed by atoms with Crippen LogP contribution in [0.5, 0.6) is 0 Å². The highest BCUT2D eigenvalue weighted by Crippen LogP contribution is 2.31. The quantitative estimate of drug-likeness (QED) is 0.808. The van der Waals surface area contributed by atoms with Gasteiger partial charge >= 0.3 is 0 Å². The molecule has 1 saturated heterocycles. The smallest absolute Gasteiger partial charge is 0.241 e. The molecule has 1 unspecified atom stereocenters. The van der Waals surface area contributed by atoms with Crippen molar-refractivity contribution in [2.24, 2.45) is 0 Å². The van der Waals surface area contributed by atoms with Gasteiger partial charge in [-0.25, -0.2) is 8.42 Å². The zero-order chi connectivity index (χ0) is 16.6. The standard InChI is InChI=1S/C16H23N3O3S/c1-13-11-14-5-3-4-6-15(14)19(13)16(20)12-17-7-9-18(10-8-17)23(2,21)22/h3-6,13H,7-12H2,1-2H3. The van der Waals surface area contributed by atoms with Gasteiger partial charge in [0.15, 0.2) is 0 Å². The number of anilines is 1. The van der Waals surface area contributed by atoms with Gasteiger partial charge < -0.3 is 4.90 Å². The van der Waals surface area contributed by atoms with Crippen molar-refractivity contribution in [2.75, 3.05) is 43.9 Å². The number of sulfonamides is 1. The molecule has 2 aliphatic rings. The van der Waals surface area contributed by atoms with E-state index in [1.165, 1.54) is 16.1 Å². The van der Waals surface area contributed by atoms with Gasteiger partial charge in [-0.1, -0.05) is 18.2 Å². The van der Waals surface area contributed by atoms with Crippen molar-refractivity contribution < 1.29 is 13.2 Å². The molecule has 0 aromatic heterocycles. The van der Waals surface area contributed by atoms with Crippen molar-refractivity contribution in [2.45, 2.75) is 19.4 Å². The molecule has 6 nitrogen and oxygen atoms in total. The molecule has 0 saturated carbocycles. The second-order valence-corrected chi connectivity index (χ2v) is 8.37. The zero-order valence-electron chi connectivity index (χ0n) is 13.6. The van der Waals surface area contributed by atoms with E-state index in [4.69, 9.17) is 0 Å². The Balaban J connectivity index is 1.63. The topological polar surface area (TPSA) is 60.9 Å². The van der Waals surface area contributed by atoms with Crippen molar-refractivity contribution in [1.82, 2.24) is 9.21 Å². The van der Waals surface area contributed by atoms with E-state index in [1.54, 1.807) is 0 Å².